The van der Waals surface area contributed by atoms with Crippen LogP contribution in [0.4, 0.5) is 0 Å². The molecule has 1 unspecified atom stereocenters. The molecule has 2 rings (SSSR count). The number of nitrogens with zero attached hydrogens (tertiary/aromatic N) is 2. The minimum Gasteiger partial charge on any atom is -0.305 e. The molecule has 0 aromatic rings. The summed E-state index contributed by atoms with van der Waals surface area (Å²) < 4.78 is 0. The van der Waals surface area contributed by atoms with Gasteiger partial charge in [-0.05, 0) is 38.6 Å². The monoisotopic (exact) mass is 437 g/mol. The number of nitrogens with one attached hydrogen (secondary N) is 3. The number of hydrogen-bond donors (Lipinski definition) is 3. The van der Waals surface area contributed by atoms with E-state index in [0.717, 1.165) is 64.8 Å². The normalized spacial score (nSPS) is 18.4. The highest BCUT2D eigenvalue weighted by Crippen LogP contribution is 2.11. The van der Waals surface area contributed by atoms with Crippen LogP contribution in [0.15, 0.2) is 0 Å². The van der Waals surface area contributed by atoms with Gasteiger partial charge in [-0.25, -0.2) is 10.0 Å². The zero-order valence-electron chi connectivity index (χ0n) is 19.9. The van der Waals surface area contributed by atoms with Crippen molar-refractivity contribution in [2.24, 2.45) is 0 Å². The predicted molar refractivity (Wildman–Crippen MR) is 126 cm³/mol. The van der Waals surface area contributed by atoms with Gasteiger partial charge in [0.25, 0.3) is 5.91 Å². The molecule has 0 aliphatic carbocycles. The van der Waals surface area contributed by atoms with Crippen LogP contribution in [0.5, 0.6) is 0 Å². The Morgan fingerprint density at radius 2 is 1.19 bits per heavy atom. The number of carbonyl (C=O) groups excluding carboxylic acids is 2. The van der Waals surface area contributed by atoms with Crippen LogP contribution in [-0.2, 0) is 9.59 Å². The van der Waals surface area contributed by atoms with E-state index in [2.05, 4.69) is 23.1 Å². The Morgan fingerprint density at radius 1 is 0.710 bits per heavy atom. The Labute approximate surface area is 190 Å². The molecule has 31 heavy (non-hydrogen) atoms. The van der Waals surface area contributed by atoms with Crippen molar-refractivity contribution in [2.45, 2.75) is 109 Å². The molecular weight excluding hydrogens is 390 g/mol. The molecule has 2 saturated heterocycles. The van der Waals surface area contributed by atoms with Crippen LogP contribution in [0, 0.1) is 0 Å². The maximum atomic E-state index is 12.8. The fourth-order valence-corrected chi connectivity index (χ4v) is 4.45. The molecule has 0 saturated carbocycles. The molecule has 0 aromatic carbocycles. The highest BCUT2D eigenvalue weighted by molar-refractivity contribution is 5.87. The van der Waals surface area contributed by atoms with E-state index in [1.807, 2.05) is 10.0 Å². The Kier molecular flexibility index (Phi) is 13.8. The lowest BCUT2D eigenvalue weighted by molar-refractivity contribution is -0.133. The Morgan fingerprint density at radius 3 is 1.74 bits per heavy atom. The number of unbranched alkanes of at least 4 members (excludes halogenated alkanes) is 9. The Balaban J connectivity index is 1.62. The van der Waals surface area contributed by atoms with Crippen molar-refractivity contribution < 1.29 is 9.59 Å². The van der Waals surface area contributed by atoms with Crippen LogP contribution in [0.2, 0.25) is 0 Å². The first-order valence-corrected chi connectivity index (χ1v) is 13.0. The van der Waals surface area contributed by atoms with Crippen LogP contribution in [0.25, 0.3) is 0 Å². The molecule has 7 heteroatoms. The van der Waals surface area contributed by atoms with Gasteiger partial charge in [-0.15, -0.1) is 0 Å². The third-order valence-corrected chi connectivity index (χ3v) is 6.39. The van der Waals surface area contributed by atoms with E-state index in [0.29, 0.717) is 0 Å². The highest BCUT2D eigenvalue weighted by Gasteiger charge is 2.25. The lowest BCUT2D eigenvalue weighted by atomic mass is 10.1. The van der Waals surface area contributed by atoms with Crippen molar-refractivity contribution in [3.8, 4) is 0 Å². The summed E-state index contributed by atoms with van der Waals surface area (Å²) in [5.74, 6) is -0.149. The second-order valence-corrected chi connectivity index (χ2v) is 9.29. The zero-order valence-corrected chi connectivity index (χ0v) is 19.9. The summed E-state index contributed by atoms with van der Waals surface area (Å²) in [4.78, 5) is 25.2. The summed E-state index contributed by atoms with van der Waals surface area (Å²) in [5.41, 5.74) is 5.97. The second kappa shape index (κ2) is 16.5. The van der Waals surface area contributed by atoms with E-state index >= 15 is 0 Å². The molecule has 2 amide bonds. The summed E-state index contributed by atoms with van der Waals surface area (Å²) in [6.07, 6.45) is 17.6. The van der Waals surface area contributed by atoms with Crippen molar-refractivity contribution in [2.75, 3.05) is 32.7 Å². The minimum absolute atomic E-state index is 0.0703. The topological polar surface area (TPSA) is 76.7 Å². The van der Waals surface area contributed by atoms with Crippen molar-refractivity contribution in [3.05, 3.63) is 0 Å². The summed E-state index contributed by atoms with van der Waals surface area (Å²) in [6.45, 7) is 6.65. The molecule has 0 radical (unpaired) electrons. The number of carbonyl (C=O) groups is 2. The average molecular weight is 438 g/mol. The molecule has 0 bridgehead atoms. The second-order valence-electron chi connectivity index (χ2n) is 9.29. The largest absolute Gasteiger partial charge is 0.305 e. The molecule has 2 aliphatic heterocycles. The van der Waals surface area contributed by atoms with E-state index in [1.54, 1.807) is 0 Å². The van der Waals surface area contributed by atoms with Crippen molar-refractivity contribution in [1.29, 1.82) is 0 Å². The summed E-state index contributed by atoms with van der Waals surface area (Å²) >= 11 is 0. The van der Waals surface area contributed by atoms with Gasteiger partial charge < -0.3 is 5.32 Å². The summed E-state index contributed by atoms with van der Waals surface area (Å²) in [6, 6.07) is -0.471. The number of hydrogen-bond acceptors (Lipinski definition) is 5. The molecule has 1 atom stereocenters. The van der Waals surface area contributed by atoms with Crippen molar-refractivity contribution >= 4 is 11.8 Å². The molecule has 180 valence electrons. The van der Waals surface area contributed by atoms with Gasteiger partial charge in [0.15, 0.2) is 0 Å². The van der Waals surface area contributed by atoms with E-state index in [4.69, 9.17) is 0 Å². The van der Waals surface area contributed by atoms with E-state index in [1.165, 1.54) is 57.8 Å². The van der Waals surface area contributed by atoms with Crippen LogP contribution < -0.4 is 16.2 Å². The van der Waals surface area contributed by atoms with Crippen LogP contribution in [0.3, 0.4) is 0 Å². The third kappa shape index (κ3) is 11.9. The standard InChI is InChI=1S/C24H47N5O2/c1-2-3-4-5-6-7-8-9-10-11-16-25-22(24(31)27-29-19-14-15-20-29)21-23(30)26-28-17-12-13-18-28/h22,25H,2-21H2,1H3,(H,26,30)(H,27,31). The molecule has 2 aliphatic rings. The zero-order chi connectivity index (χ0) is 22.2. The van der Waals surface area contributed by atoms with Gasteiger partial charge in [-0.2, -0.15) is 0 Å². The first kappa shape index (κ1) is 26.1. The molecule has 0 spiro atoms. The fourth-order valence-electron chi connectivity index (χ4n) is 4.45. The van der Waals surface area contributed by atoms with Gasteiger partial charge in [0.2, 0.25) is 5.91 Å². The lowest BCUT2D eigenvalue weighted by Gasteiger charge is -2.24. The van der Waals surface area contributed by atoms with Gasteiger partial charge >= 0.3 is 0 Å². The van der Waals surface area contributed by atoms with Gasteiger partial charge in [0, 0.05) is 26.2 Å². The van der Waals surface area contributed by atoms with Crippen LogP contribution in [-0.4, -0.2) is 60.6 Å². The average Bonchev–Trinajstić information content (AvgIpc) is 3.45. The number of hydrazine groups is 2. The maximum absolute atomic E-state index is 12.8. The van der Waals surface area contributed by atoms with Crippen LogP contribution >= 0.6 is 0 Å². The fraction of sp³-hybridized carbons (Fsp3) is 0.917. The smallest absolute Gasteiger partial charge is 0.251 e. The number of rotatable bonds is 17. The van der Waals surface area contributed by atoms with Gasteiger partial charge in [-0.3, -0.25) is 20.4 Å². The molecule has 2 heterocycles. The minimum atomic E-state index is -0.471. The Bertz CT molecular complexity index is 490. The first-order valence-electron chi connectivity index (χ1n) is 13.0. The molecule has 0 aromatic heterocycles. The van der Waals surface area contributed by atoms with Gasteiger partial charge in [0.1, 0.15) is 0 Å². The van der Waals surface area contributed by atoms with Gasteiger partial charge in [0.05, 0.1) is 12.5 Å². The highest BCUT2D eigenvalue weighted by atomic mass is 16.2. The molecule has 2 fully saturated rings. The lowest BCUT2D eigenvalue weighted by Crippen LogP contribution is -2.53. The number of amides is 2. The molecule has 3 N–H and O–H groups in total. The predicted octanol–water partition coefficient (Wildman–Crippen LogP) is 3.51. The first-order chi connectivity index (χ1) is 15.2. The molecular formula is C24H47N5O2. The SMILES string of the molecule is CCCCCCCCCCCCNC(CC(=O)NN1CCCC1)C(=O)NN1CCCC1. The van der Waals surface area contributed by atoms with E-state index < -0.39 is 6.04 Å². The van der Waals surface area contributed by atoms with E-state index in [-0.39, 0.29) is 18.2 Å². The van der Waals surface area contributed by atoms with Crippen molar-refractivity contribution in [1.82, 2.24) is 26.2 Å². The van der Waals surface area contributed by atoms with E-state index in [9.17, 15) is 9.59 Å². The quantitative estimate of drug-likeness (QED) is 0.304. The third-order valence-electron chi connectivity index (χ3n) is 6.39. The summed E-state index contributed by atoms with van der Waals surface area (Å²) in [5, 5.41) is 7.31. The Hall–Kier alpha value is -1.18. The van der Waals surface area contributed by atoms with Crippen molar-refractivity contribution in [3.63, 3.8) is 0 Å². The molecule has 7 nitrogen and oxygen atoms in total. The maximum Gasteiger partial charge on any atom is 0.251 e. The summed E-state index contributed by atoms with van der Waals surface area (Å²) in [7, 11) is 0. The van der Waals surface area contributed by atoms with Crippen LogP contribution in [0.1, 0.15) is 103 Å². The van der Waals surface area contributed by atoms with Gasteiger partial charge in [-0.1, -0.05) is 64.7 Å².